The minimum atomic E-state index is -0.445. The predicted molar refractivity (Wildman–Crippen MR) is 117 cm³/mol. The molecule has 4 rings (SSSR count). The molecule has 158 valence electrons. The monoisotopic (exact) mass is 418 g/mol. The van der Waals surface area contributed by atoms with E-state index in [1.807, 2.05) is 42.5 Å². The van der Waals surface area contributed by atoms with E-state index in [4.69, 9.17) is 4.74 Å². The Morgan fingerprint density at radius 1 is 0.968 bits per heavy atom. The minimum absolute atomic E-state index is 0.0955. The lowest BCUT2D eigenvalue weighted by Gasteiger charge is -2.09. The second kappa shape index (κ2) is 8.43. The molecule has 8 nitrogen and oxygen atoms in total. The number of fused-ring (bicyclic) bond motifs is 1. The molecule has 0 radical (unpaired) electrons. The quantitative estimate of drug-likeness (QED) is 0.354. The summed E-state index contributed by atoms with van der Waals surface area (Å²) in [4.78, 5) is 41.6. The lowest BCUT2D eigenvalue weighted by Crippen LogP contribution is -2.39. The molecule has 2 aromatic heterocycles. The van der Waals surface area contributed by atoms with Gasteiger partial charge in [-0.15, -0.1) is 0 Å². The van der Waals surface area contributed by atoms with Crippen LogP contribution >= 0.6 is 0 Å². The van der Waals surface area contributed by atoms with E-state index in [0.29, 0.717) is 23.1 Å². The maximum atomic E-state index is 12.7. The number of imidazole rings is 1. The molecule has 0 bridgehead atoms. The van der Waals surface area contributed by atoms with E-state index >= 15 is 0 Å². The van der Waals surface area contributed by atoms with E-state index in [2.05, 4.69) is 4.98 Å². The van der Waals surface area contributed by atoms with Crippen molar-refractivity contribution in [3.63, 3.8) is 0 Å². The zero-order valence-corrected chi connectivity index (χ0v) is 17.3. The largest absolute Gasteiger partial charge is 0.462 e. The number of hydrogen-bond donors (Lipinski definition) is 0. The van der Waals surface area contributed by atoms with Crippen molar-refractivity contribution in [2.75, 3.05) is 6.61 Å². The third kappa shape index (κ3) is 3.92. The molecule has 2 aromatic carbocycles. The van der Waals surface area contributed by atoms with Crippen molar-refractivity contribution in [3.05, 3.63) is 87.3 Å². The van der Waals surface area contributed by atoms with Crippen molar-refractivity contribution in [3.8, 4) is 11.1 Å². The molecule has 0 aliphatic heterocycles. The Hall–Kier alpha value is -3.94. The first kappa shape index (κ1) is 20.3. The number of ether oxygens (including phenoxy) is 1. The summed E-state index contributed by atoms with van der Waals surface area (Å²) in [5.41, 5.74) is 2.39. The highest BCUT2D eigenvalue weighted by molar-refractivity contribution is 5.90. The van der Waals surface area contributed by atoms with Crippen LogP contribution < -0.4 is 11.2 Å². The van der Waals surface area contributed by atoms with E-state index in [1.165, 1.54) is 10.9 Å². The zero-order valence-electron chi connectivity index (χ0n) is 17.3. The molecule has 0 unspecified atom stereocenters. The van der Waals surface area contributed by atoms with Crippen LogP contribution in [0.25, 0.3) is 22.3 Å². The second-order valence-corrected chi connectivity index (χ2v) is 7.26. The Balaban J connectivity index is 1.39. The average molecular weight is 418 g/mol. The SMILES string of the molecule is Cn1cnc2c1c(=O)n(CCCOC(=O)c1ccc(-c3ccccc3)cc1)c(=O)n2C. The summed E-state index contributed by atoms with van der Waals surface area (Å²) < 4.78 is 9.40. The van der Waals surface area contributed by atoms with Gasteiger partial charge in [-0.05, 0) is 29.7 Å². The highest BCUT2D eigenvalue weighted by Crippen LogP contribution is 2.19. The molecule has 0 aliphatic carbocycles. The van der Waals surface area contributed by atoms with Gasteiger partial charge in [0.25, 0.3) is 5.56 Å². The van der Waals surface area contributed by atoms with E-state index in [1.54, 1.807) is 30.8 Å². The normalized spacial score (nSPS) is 11.0. The smallest absolute Gasteiger partial charge is 0.338 e. The van der Waals surface area contributed by atoms with Gasteiger partial charge in [0.2, 0.25) is 0 Å². The lowest BCUT2D eigenvalue weighted by atomic mass is 10.0. The van der Waals surface area contributed by atoms with E-state index in [-0.39, 0.29) is 13.2 Å². The Kier molecular flexibility index (Phi) is 5.53. The van der Waals surface area contributed by atoms with Crippen LogP contribution in [0.3, 0.4) is 0 Å². The third-order valence-electron chi connectivity index (χ3n) is 5.19. The molecule has 4 aromatic rings. The standard InChI is InChI=1S/C23H22N4O4/c1-25-15-24-20-19(25)21(28)27(23(30)26(20)2)13-6-14-31-22(29)18-11-9-17(10-12-18)16-7-4-3-5-8-16/h3-5,7-12,15H,6,13-14H2,1-2H3. The topological polar surface area (TPSA) is 88.1 Å². The van der Waals surface area contributed by atoms with Gasteiger partial charge in [-0.25, -0.2) is 14.6 Å². The highest BCUT2D eigenvalue weighted by Gasteiger charge is 2.15. The maximum absolute atomic E-state index is 12.7. The first-order chi connectivity index (χ1) is 15.0. The molecule has 2 heterocycles. The van der Waals surface area contributed by atoms with Crippen LogP contribution in [-0.4, -0.2) is 31.3 Å². The van der Waals surface area contributed by atoms with Crippen molar-refractivity contribution in [1.82, 2.24) is 18.7 Å². The van der Waals surface area contributed by atoms with Crippen molar-refractivity contribution in [2.24, 2.45) is 14.1 Å². The molecule has 0 aliphatic rings. The maximum Gasteiger partial charge on any atom is 0.338 e. The van der Waals surface area contributed by atoms with Crippen LogP contribution in [0, 0.1) is 0 Å². The van der Waals surface area contributed by atoms with Crippen LogP contribution in [-0.2, 0) is 25.4 Å². The van der Waals surface area contributed by atoms with E-state index in [9.17, 15) is 14.4 Å². The number of nitrogens with zero attached hydrogens (tertiary/aromatic N) is 4. The summed E-state index contributed by atoms with van der Waals surface area (Å²) in [7, 11) is 3.28. The van der Waals surface area contributed by atoms with Crippen LogP contribution in [0.15, 0.2) is 70.5 Å². The number of aromatic nitrogens is 4. The van der Waals surface area contributed by atoms with Crippen molar-refractivity contribution >= 4 is 17.1 Å². The molecular formula is C23H22N4O4. The molecular weight excluding hydrogens is 396 g/mol. The lowest BCUT2D eigenvalue weighted by molar-refractivity contribution is 0.0495. The Morgan fingerprint density at radius 2 is 1.65 bits per heavy atom. The number of hydrogen-bond acceptors (Lipinski definition) is 5. The molecule has 31 heavy (non-hydrogen) atoms. The van der Waals surface area contributed by atoms with E-state index < -0.39 is 17.2 Å². The molecule has 0 saturated carbocycles. The fourth-order valence-electron chi connectivity index (χ4n) is 3.49. The third-order valence-corrected chi connectivity index (χ3v) is 5.19. The second-order valence-electron chi connectivity index (χ2n) is 7.26. The molecule has 0 fully saturated rings. The van der Waals surface area contributed by atoms with Gasteiger partial charge < -0.3 is 9.30 Å². The Bertz CT molecular complexity index is 1350. The minimum Gasteiger partial charge on any atom is -0.462 e. The number of rotatable bonds is 6. The van der Waals surface area contributed by atoms with Crippen molar-refractivity contribution in [1.29, 1.82) is 0 Å². The zero-order chi connectivity index (χ0) is 22.0. The predicted octanol–water partition coefficient (Wildman–Crippen LogP) is 2.35. The Labute approximate surface area is 178 Å². The summed E-state index contributed by atoms with van der Waals surface area (Å²) in [6.07, 6.45) is 1.84. The molecule has 8 heteroatoms. The van der Waals surface area contributed by atoms with Gasteiger partial charge in [0.05, 0.1) is 18.5 Å². The van der Waals surface area contributed by atoms with E-state index in [0.717, 1.165) is 15.7 Å². The van der Waals surface area contributed by atoms with Crippen LogP contribution in [0.5, 0.6) is 0 Å². The number of aryl methyl sites for hydroxylation is 2. The van der Waals surface area contributed by atoms with Gasteiger partial charge in [0, 0.05) is 20.6 Å². The number of carbonyl (C=O) groups is 1. The number of carbonyl (C=O) groups excluding carboxylic acids is 1. The summed E-state index contributed by atoms with van der Waals surface area (Å²) in [6, 6.07) is 17.1. The summed E-state index contributed by atoms with van der Waals surface area (Å²) in [6.45, 7) is 0.241. The van der Waals surface area contributed by atoms with Crippen LogP contribution in [0.2, 0.25) is 0 Å². The van der Waals surface area contributed by atoms with Gasteiger partial charge in [0.1, 0.15) is 0 Å². The van der Waals surface area contributed by atoms with Gasteiger partial charge in [-0.2, -0.15) is 0 Å². The van der Waals surface area contributed by atoms with Gasteiger partial charge in [-0.3, -0.25) is 13.9 Å². The molecule has 0 spiro atoms. The molecule has 0 atom stereocenters. The van der Waals surface area contributed by atoms with Gasteiger partial charge in [-0.1, -0.05) is 42.5 Å². The summed E-state index contributed by atoms with van der Waals surface area (Å²) >= 11 is 0. The van der Waals surface area contributed by atoms with Crippen LogP contribution in [0.1, 0.15) is 16.8 Å². The molecule has 0 saturated heterocycles. The fourth-order valence-corrected chi connectivity index (χ4v) is 3.49. The average Bonchev–Trinajstić information content (AvgIpc) is 3.19. The first-order valence-corrected chi connectivity index (χ1v) is 9.91. The van der Waals surface area contributed by atoms with Crippen molar-refractivity contribution in [2.45, 2.75) is 13.0 Å². The highest BCUT2D eigenvalue weighted by atomic mass is 16.5. The molecule has 0 N–H and O–H groups in total. The summed E-state index contributed by atoms with van der Waals surface area (Å²) in [5.74, 6) is -0.443. The van der Waals surface area contributed by atoms with Crippen molar-refractivity contribution < 1.29 is 9.53 Å². The molecule has 0 amide bonds. The fraction of sp³-hybridized carbons (Fsp3) is 0.217. The van der Waals surface area contributed by atoms with Gasteiger partial charge >= 0.3 is 11.7 Å². The number of esters is 1. The number of benzene rings is 2. The Morgan fingerprint density at radius 3 is 2.35 bits per heavy atom. The van der Waals surface area contributed by atoms with Crippen LogP contribution in [0.4, 0.5) is 0 Å². The van der Waals surface area contributed by atoms with Gasteiger partial charge in [0.15, 0.2) is 11.2 Å². The first-order valence-electron chi connectivity index (χ1n) is 9.91. The summed E-state index contributed by atoms with van der Waals surface area (Å²) in [5, 5.41) is 0.